The summed E-state index contributed by atoms with van der Waals surface area (Å²) < 4.78 is 7.16. The van der Waals surface area contributed by atoms with E-state index in [1.54, 1.807) is 42.3 Å². The lowest BCUT2D eigenvalue weighted by Crippen LogP contribution is -2.35. The van der Waals surface area contributed by atoms with E-state index in [4.69, 9.17) is 21.3 Å². The third-order valence-electron chi connectivity index (χ3n) is 5.42. The van der Waals surface area contributed by atoms with Gasteiger partial charge in [-0.1, -0.05) is 24.1 Å². The van der Waals surface area contributed by atoms with E-state index in [1.807, 2.05) is 23.7 Å². The Labute approximate surface area is 187 Å². The Morgan fingerprint density at radius 2 is 2.00 bits per heavy atom. The normalized spacial score (nSPS) is 13.3. The van der Waals surface area contributed by atoms with E-state index in [-0.39, 0.29) is 12.6 Å². The number of ether oxygens (including phenoxy) is 1. The Bertz CT molecular complexity index is 1040. The van der Waals surface area contributed by atoms with Crippen LogP contribution in [-0.4, -0.2) is 27.9 Å². The van der Waals surface area contributed by atoms with Gasteiger partial charge in [-0.15, -0.1) is 0 Å². The fourth-order valence-electron chi connectivity index (χ4n) is 3.62. The summed E-state index contributed by atoms with van der Waals surface area (Å²) in [5.41, 5.74) is 2.31. The number of fused-ring (bicyclic) bond motifs is 1. The van der Waals surface area contributed by atoms with Crippen molar-refractivity contribution in [1.29, 1.82) is 0 Å². The second kappa shape index (κ2) is 9.39. The summed E-state index contributed by atoms with van der Waals surface area (Å²) in [5, 5.41) is 8.21. The van der Waals surface area contributed by atoms with Crippen molar-refractivity contribution in [3.8, 4) is 5.75 Å². The van der Waals surface area contributed by atoms with E-state index in [0.717, 1.165) is 42.9 Å². The molecule has 8 heteroatoms. The number of anilines is 2. The van der Waals surface area contributed by atoms with Gasteiger partial charge in [-0.05, 0) is 61.7 Å². The molecule has 0 aliphatic carbocycles. The highest BCUT2D eigenvalue weighted by Gasteiger charge is 2.21. The zero-order valence-corrected chi connectivity index (χ0v) is 18.5. The summed E-state index contributed by atoms with van der Waals surface area (Å²) in [6, 6.07) is 12.5. The van der Waals surface area contributed by atoms with Gasteiger partial charge in [-0.2, -0.15) is 5.10 Å². The summed E-state index contributed by atoms with van der Waals surface area (Å²) in [7, 11) is 1.61. The number of hydrogen-bond acceptors (Lipinski definition) is 4. The maximum Gasteiger partial charge on any atom is 0.326 e. The van der Waals surface area contributed by atoms with Crippen LogP contribution in [0.1, 0.15) is 36.5 Å². The molecule has 162 valence electrons. The molecule has 0 spiro atoms. The first-order valence-corrected chi connectivity index (χ1v) is 10.8. The van der Waals surface area contributed by atoms with Crippen molar-refractivity contribution >= 4 is 29.0 Å². The van der Waals surface area contributed by atoms with E-state index in [2.05, 4.69) is 10.4 Å². The SMILES string of the molecule is COc1ccc(NC(=O)N(Cc2nc3n(n2)CCCCC3)c2ccc(C)c(Cl)c2)cc1. The smallest absolute Gasteiger partial charge is 0.326 e. The molecule has 1 aliphatic heterocycles. The van der Waals surface area contributed by atoms with Crippen molar-refractivity contribution in [3.63, 3.8) is 0 Å². The van der Waals surface area contributed by atoms with Crippen molar-refractivity contribution in [2.24, 2.45) is 0 Å². The van der Waals surface area contributed by atoms with Crippen LogP contribution in [0.5, 0.6) is 5.75 Å². The second-order valence-electron chi connectivity index (χ2n) is 7.66. The van der Waals surface area contributed by atoms with E-state index in [9.17, 15) is 4.79 Å². The van der Waals surface area contributed by atoms with Crippen LogP contribution in [0.25, 0.3) is 0 Å². The van der Waals surface area contributed by atoms with Crippen LogP contribution < -0.4 is 15.0 Å². The number of methoxy groups -OCH3 is 1. The Morgan fingerprint density at radius 1 is 1.19 bits per heavy atom. The van der Waals surface area contributed by atoms with E-state index >= 15 is 0 Å². The summed E-state index contributed by atoms with van der Waals surface area (Å²) >= 11 is 6.35. The number of aromatic nitrogens is 3. The van der Waals surface area contributed by atoms with Gasteiger partial charge in [-0.3, -0.25) is 4.90 Å². The molecule has 1 N–H and O–H groups in total. The molecule has 0 saturated carbocycles. The number of halogens is 1. The molecule has 7 nitrogen and oxygen atoms in total. The van der Waals surface area contributed by atoms with Gasteiger partial charge in [0.05, 0.1) is 13.7 Å². The minimum absolute atomic E-state index is 0.251. The van der Waals surface area contributed by atoms with Crippen LogP contribution in [0.4, 0.5) is 16.2 Å². The van der Waals surface area contributed by atoms with E-state index in [0.29, 0.717) is 22.2 Å². The minimum atomic E-state index is -0.282. The number of nitrogens with zero attached hydrogens (tertiary/aromatic N) is 4. The summed E-state index contributed by atoms with van der Waals surface area (Å²) in [5.74, 6) is 2.34. The van der Waals surface area contributed by atoms with Gasteiger partial charge in [0.1, 0.15) is 11.6 Å². The maximum absolute atomic E-state index is 13.2. The van der Waals surface area contributed by atoms with E-state index < -0.39 is 0 Å². The molecule has 1 aromatic heterocycles. The molecule has 2 heterocycles. The third-order valence-corrected chi connectivity index (χ3v) is 5.82. The largest absolute Gasteiger partial charge is 0.497 e. The number of urea groups is 1. The average Bonchev–Trinajstić information content (AvgIpc) is 3.03. The molecule has 4 rings (SSSR count). The summed E-state index contributed by atoms with van der Waals surface area (Å²) in [6.07, 6.45) is 4.33. The van der Waals surface area contributed by atoms with Crippen molar-refractivity contribution in [2.45, 2.75) is 45.7 Å². The average molecular weight is 440 g/mol. The zero-order valence-electron chi connectivity index (χ0n) is 17.8. The number of nitrogens with one attached hydrogen (secondary N) is 1. The fourth-order valence-corrected chi connectivity index (χ4v) is 3.79. The van der Waals surface area contributed by atoms with Gasteiger partial charge in [0.25, 0.3) is 0 Å². The quantitative estimate of drug-likeness (QED) is 0.592. The van der Waals surface area contributed by atoms with Gasteiger partial charge >= 0.3 is 6.03 Å². The second-order valence-corrected chi connectivity index (χ2v) is 8.06. The van der Waals surface area contributed by atoms with Crippen molar-refractivity contribution in [2.75, 3.05) is 17.3 Å². The molecule has 3 aromatic rings. The van der Waals surface area contributed by atoms with Gasteiger partial charge in [0.2, 0.25) is 0 Å². The highest BCUT2D eigenvalue weighted by molar-refractivity contribution is 6.31. The lowest BCUT2D eigenvalue weighted by atomic mass is 10.2. The molecule has 2 amide bonds. The first kappa shape index (κ1) is 21.2. The Hall–Kier alpha value is -3.06. The van der Waals surface area contributed by atoms with Crippen LogP contribution in [0.3, 0.4) is 0 Å². The highest BCUT2D eigenvalue weighted by atomic mass is 35.5. The lowest BCUT2D eigenvalue weighted by molar-refractivity contribution is 0.256. The monoisotopic (exact) mass is 439 g/mol. The van der Waals surface area contributed by atoms with Crippen molar-refractivity contribution in [3.05, 3.63) is 64.7 Å². The number of benzene rings is 2. The molecular formula is C23H26ClN5O2. The van der Waals surface area contributed by atoms with Crippen molar-refractivity contribution in [1.82, 2.24) is 14.8 Å². The summed E-state index contributed by atoms with van der Waals surface area (Å²) in [6.45, 7) is 3.06. The molecule has 1 aliphatic rings. The number of carbonyl (C=O) groups excluding carboxylic acids is 1. The molecule has 0 radical (unpaired) electrons. The minimum Gasteiger partial charge on any atom is -0.497 e. The molecule has 0 fully saturated rings. The zero-order chi connectivity index (χ0) is 21.8. The van der Waals surface area contributed by atoms with Gasteiger partial charge in [0, 0.05) is 29.4 Å². The van der Waals surface area contributed by atoms with E-state index in [1.165, 1.54) is 6.42 Å². The Balaban J connectivity index is 1.60. The van der Waals surface area contributed by atoms with Crippen LogP contribution >= 0.6 is 11.6 Å². The van der Waals surface area contributed by atoms with Crippen LogP contribution in [0, 0.1) is 6.92 Å². The van der Waals surface area contributed by atoms with Crippen LogP contribution in [0.2, 0.25) is 5.02 Å². The first-order valence-electron chi connectivity index (χ1n) is 10.4. The number of hydrogen-bond donors (Lipinski definition) is 1. The van der Waals surface area contributed by atoms with Crippen molar-refractivity contribution < 1.29 is 9.53 Å². The Morgan fingerprint density at radius 3 is 2.74 bits per heavy atom. The fraction of sp³-hybridized carbons (Fsp3) is 0.348. The molecule has 0 unspecified atom stereocenters. The number of rotatable bonds is 5. The lowest BCUT2D eigenvalue weighted by Gasteiger charge is -2.22. The van der Waals surface area contributed by atoms with Crippen LogP contribution in [-0.2, 0) is 19.5 Å². The summed E-state index contributed by atoms with van der Waals surface area (Å²) in [4.78, 5) is 19.6. The number of aryl methyl sites for hydroxylation is 3. The number of amides is 2. The maximum atomic E-state index is 13.2. The standard InChI is InChI=1S/C23H26ClN5O2/c1-16-7-10-18(14-20(16)24)28(23(30)25-17-8-11-19(31-2)12-9-17)15-21-26-22-6-4-3-5-13-29(22)27-21/h7-12,14H,3-6,13,15H2,1-2H3,(H,25,30). The molecule has 0 saturated heterocycles. The molecular weight excluding hydrogens is 414 g/mol. The van der Waals surface area contributed by atoms with Crippen LogP contribution in [0.15, 0.2) is 42.5 Å². The molecule has 0 bridgehead atoms. The number of carbonyl (C=O) groups is 1. The first-order chi connectivity index (χ1) is 15.0. The molecule has 2 aromatic carbocycles. The van der Waals surface area contributed by atoms with Gasteiger partial charge < -0.3 is 10.1 Å². The van der Waals surface area contributed by atoms with Gasteiger partial charge in [-0.25, -0.2) is 14.5 Å². The Kier molecular flexibility index (Phi) is 6.42. The topological polar surface area (TPSA) is 72.3 Å². The molecule has 31 heavy (non-hydrogen) atoms. The predicted octanol–water partition coefficient (Wildman–Crippen LogP) is 5.21. The van der Waals surface area contributed by atoms with Gasteiger partial charge in [0.15, 0.2) is 5.82 Å². The highest BCUT2D eigenvalue weighted by Crippen LogP contribution is 2.26. The molecule has 0 atom stereocenters. The predicted molar refractivity (Wildman–Crippen MR) is 122 cm³/mol. The third kappa shape index (κ3) is 4.99.